The predicted molar refractivity (Wildman–Crippen MR) is 109 cm³/mol. The number of halogens is 1. The first-order valence-electron chi connectivity index (χ1n) is 8.25. The molecule has 1 aromatic heterocycles. The van der Waals surface area contributed by atoms with Crippen LogP contribution in [0.5, 0.6) is 0 Å². The summed E-state index contributed by atoms with van der Waals surface area (Å²) in [4.78, 5) is 12.2. The second-order valence-electron chi connectivity index (χ2n) is 5.76. The van der Waals surface area contributed by atoms with Gasteiger partial charge in [-0.2, -0.15) is 0 Å². The van der Waals surface area contributed by atoms with Crippen molar-refractivity contribution in [3.63, 3.8) is 0 Å². The van der Waals surface area contributed by atoms with Gasteiger partial charge in [0, 0.05) is 22.3 Å². The Kier molecular flexibility index (Phi) is 6.11. The molecule has 0 radical (unpaired) electrons. The van der Waals surface area contributed by atoms with Crippen molar-refractivity contribution in [3.05, 3.63) is 58.6 Å². The van der Waals surface area contributed by atoms with Crippen LogP contribution in [0.2, 0.25) is 0 Å². The first-order chi connectivity index (χ1) is 12.6. The van der Waals surface area contributed by atoms with Crippen LogP contribution in [0.25, 0.3) is 11.4 Å². The Bertz CT molecular complexity index is 891. The first kappa shape index (κ1) is 18.7. The molecule has 7 heteroatoms. The Balaban J connectivity index is 1.67. The van der Waals surface area contributed by atoms with E-state index in [-0.39, 0.29) is 11.7 Å². The smallest absolute Gasteiger partial charge is 0.234 e. The van der Waals surface area contributed by atoms with Gasteiger partial charge in [-0.3, -0.25) is 4.79 Å². The van der Waals surface area contributed by atoms with E-state index in [1.807, 2.05) is 47.9 Å². The minimum atomic E-state index is -0.0696. The fourth-order valence-corrected chi connectivity index (χ4v) is 3.52. The van der Waals surface area contributed by atoms with E-state index in [0.717, 1.165) is 33.2 Å². The molecule has 1 amide bonds. The number of thioether (sulfide) groups is 1. The van der Waals surface area contributed by atoms with Crippen molar-refractivity contribution < 1.29 is 4.79 Å². The van der Waals surface area contributed by atoms with Crippen LogP contribution in [0.1, 0.15) is 12.5 Å². The number of nitrogens with zero attached hydrogens (tertiary/aromatic N) is 3. The van der Waals surface area contributed by atoms with Crippen molar-refractivity contribution in [3.8, 4) is 11.4 Å². The molecule has 1 heterocycles. The normalized spacial score (nSPS) is 10.7. The van der Waals surface area contributed by atoms with Crippen LogP contribution in [0.3, 0.4) is 0 Å². The molecule has 0 fully saturated rings. The van der Waals surface area contributed by atoms with Crippen LogP contribution in [0.4, 0.5) is 5.69 Å². The van der Waals surface area contributed by atoms with Gasteiger partial charge in [-0.25, -0.2) is 0 Å². The van der Waals surface area contributed by atoms with E-state index in [4.69, 9.17) is 0 Å². The van der Waals surface area contributed by atoms with Gasteiger partial charge in [0.15, 0.2) is 11.0 Å². The van der Waals surface area contributed by atoms with Gasteiger partial charge in [-0.15, -0.1) is 10.2 Å². The molecule has 0 spiro atoms. The molecule has 3 aromatic rings. The molecule has 0 bridgehead atoms. The maximum absolute atomic E-state index is 12.2. The number of carbonyl (C=O) groups excluding carboxylic acids is 1. The van der Waals surface area contributed by atoms with Crippen LogP contribution in [-0.2, 0) is 11.3 Å². The Morgan fingerprint density at radius 2 is 1.81 bits per heavy atom. The summed E-state index contributed by atoms with van der Waals surface area (Å²) in [6, 6.07) is 15.7. The monoisotopic (exact) mass is 430 g/mol. The van der Waals surface area contributed by atoms with Crippen LogP contribution >= 0.6 is 27.7 Å². The van der Waals surface area contributed by atoms with E-state index in [9.17, 15) is 4.79 Å². The van der Waals surface area contributed by atoms with Crippen molar-refractivity contribution in [2.24, 2.45) is 0 Å². The van der Waals surface area contributed by atoms with E-state index in [1.165, 1.54) is 17.3 Å². The average Bonchev–Trinajstić information content (AvgIpc) is 3.05. The molecule has 26 heavy (non-hydrogen) atoms. The molecule has 0 atom stereocenters. The van der Waals surface area contributed by atoms with E-state index in [0.29, 0.717) is 0 Å². The molecule has 1 N–H and O–H groups in total. The van der Waals surface area contributed by atoms with Gasteiger partial charge in [-0.1, -0.05) is 57.5 Å². The van der Waals surface area contributed by atoms with Crippen molar-refractivity contribution in [1.82, 2.24) is 14.8 Å². The highest BCUT2D eigenvalue weighted by Gasteiger charge is 2.14. The third-order valence-corrected chi connectivity index (χ3v) is 5.30. The highest BCUT2D eigenvalue weighted by molar-refractivity contribution is 9.10. The van der Waals surface area contributed by atoms with Crippen molar-refractivity contribution in [2.45, 2.75) is 25.5 Å². The summed E-state index contributed by atoms with van der Waals surface area (Å²) in [5.41, 5.74) is 3.00. The minimum absolute atomic E-state index is 0.0696. The van der Waals surface area contributed by atoms with E-state index in [1.54, 1.807) is 0 Å². The van der Waals surface area contributed by atoms with Crippen molar-refractivity contribution in [1.29, 1.82) is 0 Å². The Labute approximate surface area is 165 Å². The molecule has 2 aromatic carbocycles. The van der Waals surface area contributed by atoms with Crippen LogP contribution < -0.4 is 5.32 Å². The number of aryl methyl sites for hydroxylation is 1. The molecule has 0 aliphatic carbocycles. The minimum Gasteiger partial charge on any atom is -0.325 e. The van der Waals surface area contributed by atoms with Gasteiger partial charge in [0.2, 0.25) is 5.91 Å². The zero-order valence-electron chi connectivity index (χ0n) is 14.6. The van der Waals surface area contributed by atoms with Crippen molar-refractivity contribution in [2.75, 3.05) is 11.1 Å². The molecular weight excluding hydrogens is 412 g/mol. The molecule has 0 unspecified atom stereocenters. The Hall–Kier alpha value is -2.12. The molecule has 0 aliphatic rings. The molecule has 0 aliphatic heterocycles. The number of carbonyl (C=O) groups is 1. The number of hydrogen-bond acceptors (Lipinski definition) is 4. The summed E-state index contributed by atoms with van der Waals surface area (Å²) in [5.74, 6) is 1.03. The fourth-order valence-electron chi connectivity index (χ4n) is 2.46. The van der Waals surface area contributed by atoms with E-state index < -0.39 is 0 Å². The van der Waals surface area contributed by atoms with E-state index >= 15 is 0 Å². The quantitative estimate of drug-likeness (QED) is 0.572. The summed E-state index contributed by atoms with van der Waals surface area (Å²) in [5, 5.41) is 12.2. The third kappa shape index (κ3) is 4.53. The largest absolute Gasteiger partial charge is 0.325 e. The summed E-state index contributed by atoms with van der Waals surface area (Å²) in [6.07, 6.45) is 0. The highest BCUT2D eigenvalue weighted by Crippen LogP contribution is 2.24. The number of nitrogens with one attached hydrogen (secondary N) is 1. The maximum atomic E-state index is 12.2. The fraction of sp³-hybridized carbons (Fsp3) is 0.211. The second-order valence-corrected chi connectivity index (χ2v) is 7.62. The number of anilines is 1. The van der Waals surface area contributed by atoms with Crippen molar-refractivity contribution >= 4 is 39.3 Å². The number of rotatable bonds is 6. The standard InChI is InChI=1S/C19H19BrN4OS/c1-3-24-18(14-6-4-13(2)5-7-14)22-23-19(24)26-12-17(25)21-16-10-8-15(20)9-11-16/h4-11H,3,12H2,1-2H3,(H,21,25). The molecule has 134 valence electrons. The Morgan fingerprint density at radius 1 is 1.12 bits per heavy atom. The molecule has 0 saturated heterocycles. The molecule has 5 nitrogen and oxygen atoms in total. The molecule has 3 rings (SSSR count). The highest BCUT2D eigenvalue weighted by atomic mass is 79.9. The van der Waals surface area contributed by atoms with Gasteiger partial charge in [-0.05, 0) is 38.1 Å². The van der Waals surface area contributed by atoms with Gasteiger partial charge >= 0.3 is 0 Å². The summed E-state index contributed by atoms with van der Waals surface area (Å²) in [6.45, 7) is 4.85. The van der Waals surface area contributed by atoms with Gasteiger partial charge in [0.1, 0.15) is 0 Å². The lowest BCUT2D eigenvalue weighted by molar-refractivity contribution is -0.113. The van der Waals surface area contributed by atoms with Crippen LogP contribution in [0, 0.1) is 6.92 Å². The van der Waals surface area contributed by atoms with Gasteiger partial charge < -0.3 is 9.88 Å². The number of amides is 1. The molecular formula is C19H19BrN4OS. The Morgan fingerprint density at radius 3 is 2.46 bits per heavy atom. The van der Waals surface area contributed by atoms with Crippen LogP contribution in [-0.4, -0.2) is 26.4 Å². The van der Waals surface area contributed by atoms with E-state index in [2.05, 4.69) is 50.5 Å². The lowest BCUT2D eigenvalue weighted by atomic mass is 10.1. The lowest BCUT2D eigenvalue weighted by Gasteiger charge is -2.08. The third-order valence-electron chi connectivity index (χ3n) is 3.80. The zero-order chi connectivity index (χ0) is 18.5. The SMILES string of the molecule is CCn1c(SCC(=O)Nc2ccc(Br)cc2)nnc1-c1ccc(C)cc1. The number of hydrogen-bond donors (Lipinski definition) is 1. The van der Waals surface area contributed by atoms with Crippen LogP contribution in [0.15, 0.2) is 58.2 Å². The summed E-state index contributed by atoms with van der Waals surface area (Å²) in [7, 11) is 0. The summed E-state index contributed by atoms with van der Waals surface area (Å²) < 4.78 is 3.01. The first-order valence-corrected chi connectivity index (χ1v) is 10.0. The predicted octanol–water partition coefficient (Wildman–Crippen LogP) is 4.77. The van der Waals surface area contributed by atoms with Gasteiger partial charge in [0.25, 0.3) is 0 Å². The summed E-state index contributed by atoms with van der Waals surface area (Å²) >= 11 is 4.77. The number of aromatic nitrogens is 3. The second kappa shape index (κ2) is 8.51. The van der Waals surface area contributed by atoms with Gasteiger partial charge in [0.05, 0.1) is 5.75 Å². The maximum Gasteiger partial charge on any atom is 0.234 e. The average molecular weight is 431 g/mol. The zero-order valence-corrected chi connectivity index (χ0v) is 17.0. The number of benzene rings is 2. The molecule has 0 saturated carbocycles. The lowest BCUT2D eigenvalue weighted by Crippen LogP contribution is -2.14. The topological polar surface area (TPSA) is 59.8 Å².